The zero-order chi connectivity index (χ0) is 19.2. The Hall–Kier alpha value is -3.19. The molecule has 6 nitrogen and oxygen atoms in total. The van der Waals surface area contributed by atoms with Gasteiger partial charge in [-0.15, -0.1) is 11.3 Å². The molecule has 0 atom stereocenters. The van der Waals surface area contributed by atoms with E-state index in [1.165, 1.54) is 16.9 Å². The van der Waals surface area contributed by atoms with Crippen molar-refractivity contribution in [2.45, 2.75) is 20.0 Å². The molecule has 0 radical (unpaired) electrons. The molecule has 27 heavy (non-hydrogen) atoms. The lowest BCUT2D eigenvalue weighted by atomic mass is 10.1. The predicted octanol–water partition coefficient (Wildman–Crippen LogP) is 2.82. The molecule has 3 amide bonds. The van der Waals surface area contributed by atoms with Gasteiger partial charge < -0.3 is 15.6 Å². The maximum absolute atomic E-state index is 12.5. The Labute approximate surface area is 161 Å². The van der Waals surface area contributed by atoms with Gasteiger partial charge in [0.25, 0.3) is 5.91 Å². The number of benzene rings is 2. The van der Waals surface area contributed by atoms with Crippen LogP contribution in [-0.2, 0) is 13.1 Å². The number of nitrogens with two attached hydrogens (primary N) is 1. The summed E-state index contributed by atoms with van der Waals surface area (Å²) in [5, 5.41) is 4.43. The van der Waals surface area contributed by atoms with Crippen LogP contribution in [0.5, 0.6) is 0 Å². The Morgan fingerprint density at radius 3 is 2.41 bits per heavy atom. The number of rotatable bonds is 5. The van der Waals surface area contributed by atoms with Gasteiger partial charge in [0.1, 0.15) is 0 Å². The highest BCUT2D eigenvalue weighted by atomic mass is 32.1. The summed E-state index contributed by atoms with van der Waals surface area (Å²) in [6.07, 6.45) is 1.93. The minimum Gasteiger partial charge on any atom is -0.352 e. The molecule has 3 N–H and O–H groups in total. The van der Waals surface area contributed by atoms with Crippen molar-refractivity contribution in [2.75, 3.05) is 0 Å². The van der Waals surface area contributed by atoms with E-state index in [4.69, 9.17) is 5.73 Å². The highest BCUT2D eigenvalue weighted by molar-refractivity contribution is 7.07. The molecule has 0 fully saturated rings. The Kier molecular flexibility index (Phi) is 5.83. The van der Waals surface area contributed by atoms with Crippen LogP contribution in [0.1, 0.15) is 27.0 Å². The van der Waals surface area contributed by atoms with Gasteiger partial charge in [0.15, 0.2) is 4.80 Å². The van der Waals surface area contributed by atoms with Gasteiger partial charge >= 0.3 is 6.03 Å². The van der Waals surface area contributed by atoms with Gasteiger partial charge in [0.05, 0.1) is 0 Å². The number of hydrogen-bond donors (Lipinski definition) is 2. The van der Waals surface area contributed by atoms with E-state index in [-0.39, 0.29) is 5.91 Å². The SMILES string of the molecule is Cc1ccc(Cn2ccsc2=NC(=O)c2ccc(CNC(N)=O)cc2)cc1. The Morgan fingerprint density at radius 1 is 1.07 bits per heavy atom. The Morgan fingerprint density at radius 2 is 1.74 bits per heavy atom. The van der Waals surface area contributed by atoms with Crippen LogP contribution in [0.2, 0.25) is 0 Å². The minimum absolute atomic E-state index is 0.301. The van der Waals surface area contributed by atoms with E-state index in [9.17, 15) is 9.59 Å². The number of carbonyl (C=O) groups excluding carboxylic acids is 2. The molecular formula is C20H20N4O2S. The second-order valence-corrected chi connectivity index (χ2v) is 7.00. The zero-order valence-electron chi connectivity index (χ0n) is 14.9. The molecule has 0 saturated carbocycles. The summed E-state index contributed by atoms with van der Waals surface area (Å²) >= 11 is 1.42. The molecule has 7 heteroatoms. The molecule has 3 aromatic rings. The fourth-order valence-corrected chi connectivity index (χ4v) is 3.23. The van der Waals surface area contributed by atoms with Crippen molar-refractivity contribution in [1.82, 2.24) is 9.88 Å². The van der Waals surface area contributed by atoms with Crippen molar-refractivity contribution < 1.29 is 9.59 Å². The number of urea groups is 1. The normalized spacial score (nSPS) is 11.4. The standard InChI is InChI=1S/C20H20N4O2S/c1-14-2-4-16(5-3-14)13-24-10-11-27-20(24)23-18(25)17-8-6-15(7-9-17)12-22-19(21)26/h2-11H,12-13H2,1H3,(H3,21,22,26). The number of thiazole rings is 1. The summed E-state index contributed by atoms with van der Waals surface area (Å²) in [5.41, 5.74) is 8.77. The van der Waals surface area contributed by atoms with Crippen molar-refractivity contribution >= 4 is 23.3 Å². The fourth-order valence-electron chi connectivity index (χ4n) is 2.50. The predicted molar refractivity (Wildman–Crippen MR) is 105 cm³/mol. The molecule has 0 aliphatic rings. The minimum atomic E-state index is -0.582. The van der Waals surface area contributed by atoms with Gasteiger partial charge in [-0.2, -0.15) is 4.99 Å². The molecule has 0 bridgehead atoms. The number of amides is 3. The second-order valence-electron chi connectivity index (χ2n) is 6.13. The van der Waals surface area contributed by atoms with Crippen molar-refractivity contribution in [3.8, 4) is 0 Å². The number of nitrogens with one attached hydrogen (secondary N) is 1. The van der Waals surface area contributed by atoms with Crippen LogP contribution in [0.25, 0.3) is 0 Å². The van der Waals surface area contributed by atoms with Crippen molar-refractivity contribution in [3.05, 3.63) is 87.2 Å². The van der Waals surface area contributed by atoms with E-state index in [0.29, 0.717) is 23.5 Å². The van der Waals surface area contributed by atoms with Crippen LogP contribution < -0.4 is 15.9 Å². The largest absolute Gasteiger partial charge is 0.352 e. The van der Waals surface area contributed by atoms with Gasteiger partial charge in [0.2, 0.25) is 0 Å². The molecule has 1 aromatic heterocycles. The van der Waals surface area contributed by atoms with Crippen LogP contribution in [0.3, 0.4) is 0 Å². The summed E-state index contributed by atoms with van der Waals surface area (Å²) in [4.78, 5) is 28.1. The first-order valence-electron chi connectivity index (χ1n) is 8.42. The maximum atomic E-state index is 12.5. The topological polar surface area (TPSA) is 89.5 Å². The molecule has 0 aliphatic carbocycles. The number of primary amides is 1. The first-order valence-corrected chi connectivity index (χ1v) is 9.30. The average Bonchev–Trinajstić information content (AvgIpc) is 3.09. The van der Waals surface area contributed by atoms with Gasteiger partial charge in [-0.3, -0.25) is 4.79 Å². The van der Waals surface area contributed by atoms with Gasteiger partial charge in [0, 0.05) is 30.2 Å². The van der Waals surface area contributed by atoms with Crippen molar-refractivity contribution in [2.24, 2.45) is 10.7 Å². The summed E-state index contributed by atoms with van der Waals surface area (Å²) < 4.78 is 1.96. The second kappa shape index (κ2) is 8.46. The molecule has 0 unspecified atom stereocenters. The van der Waals surface area contributed by atoms with Crippen molar-refractivity contribution in [3.63, 3.8) is 0 Å². The van der Waals surface area contributed by atoms with Gasteiger partial charge in [-0.1, -0.05) is 42.0 Å². The first-order chi connectivity index (χ1) is 13.0. The lowest BCUT2D eigenvalue weighted by Crippen LogP contribution is -2.28. The quantitative estimate of drug-likeness (QED) is 0.713. The molecule has 2 aromatic carbocycles. The van der Waals surface area contributed by atoms with E-state index in [1.807, 2.05) is 16.1 Å². The Bertz CT molecular complexity index is 1000. The highest BCUT2D eigenvalue weighted by Gasteiger charge is 2.06. The van der Waals surface area contributed by atoms with Gasteiger partial charge in [-0.05, 0) is 30.2 Å². The highest BCUT2D eigenvalue weighted by Crippen LogP contribution is 2.07. The number of carbonyl (C=O) groups is 2. The van der Waals surface area contributed by atoms with E-state index >= 15 is 0 Å². The maximum Gasteiger partial charge on any atom is 0.312 e. The van der Waals surface area contributed by atoms with Crippen LogP contribution in [0.4, 0.5) is 4.79 Å². The lowest BCUT2D eigenvalue weighted by Gasteiger charge is -2.04. The summed E-state index contributed by atoms with van der Waals surface area (Å²) in [6.45, 7) is 3.03. The number of nitrogens with zero attached hydrogens (tertiary/aromatic N) is 2. The monoisotopic (exact) mass is 380 g/mol. The summed E-state index contributed by atoms with van der Waals surface area (Å²) in [7, 11) is 0. The number of aromatic nitrogens is 1. The average molecular weight is 380 g/mol. The Balaban J connectivity index is 1.75. The van der Waals surface area contributed by atoms with E-state index in [2.05, 4.69) is 41.5 Å². The van der Waals surface area contributed by atoms with E-state index in [0.717, 1.165) is 11.1 Å². The number of aryl methyl sites for hydroxylation is 1. The fraction of sp³-hybridized carbons (Fsp3) is 0.150. The third-order valence-corrected chi connectivity index (χ3v) is 4.79. The summed E-state index contributed by atoms with van der Waals surface area (Å²) in [5.74, 6) is -0.301. The summed E-state index contributed by atoms with van der Waals surface area (Å²) in [6, 6.07) is 14.6. The lowest BCUT2D eigenvalue weighted by molar-refractivity contribution is 0.0997. The van der Waals surface area contributed by atoms with Crippen LogP contribution in [0.15, 0.2) is 65.1 Å². The molecular weight excluding hydrogens is 360 g/mol. The zero-order valence-corrected chi connectivity index (χ0v) is 15.7. The molecule has 138 valence electrons. The molecule has 1 heterocycles. The third-order valence-electron chi connectivity index (χ3n) is 4.00. The van der Waals surface area contributed by atoms with Crippen LogP contribution >= 0.6 is 11.3 Å². The van der Waals surface area contributed by atoms with Crippen LogP contribution in [-0.4, -0.2) is 16.5 Å². The van der Waals surface area contributed by atoms with Crippen molar-refractivity contribution in [1.29, 1.82) is 0 Å². The smallest absolute Gasteiger partial charge is 0.312 e. The molecule has 0 spiro atoms. The van der Waals surface area contributed by atoms with E-state index in [1.54, 1.807) is 24.3 Å². The molecule has 0 saturated heterocycles. The van der Waals surface area contributed by atoms with Crippen LogP contribution in [0, 0.1) is 6.92 Å². The first kappa shape index (κ1) is 18.6. The van der Waals surface area contributed by atoms with E-state index < -0.39 is 6.03 Å². The molecule has 3 rings (SSSR count). The number of hydrogen-bond acceptors (Lipinski definition) is 3. The van der Waals surface area contributed by atoms with Gasteiger partial charge in [-0.25, -0.2) is 4.79 Å². The molecule has 0 aliphatic heterocycles. The third kappa shape index (κ3) is 5.15.